The lowest BCUT2D eigenvalue weighted by Gasteiger charge is -2.47. The van der Waals surface area contributed by atoms with Gasteiger partial charge in [0.25, 0.3) is 5.91 Å². The van der Waals surface area contributed by atoms with Gasteiger partial charge in [0.1, 0.15) is 11.4 Å². The van der Waals surface area contributed by atoms with Crippen LogP contribution in [0.3, 0.4) is 0 Å². The molecule has 2 aliphatic rings. The van der Waals surface area contributed by atoms with Gasteiger partial charge < -0.3 is 14.5 Å². The molecule has 1 aromatic heterocycles. The number of amides is 2. The van der Waals surface area contributed by atoms with Gasteiger partial charge in [0.2, 0.25) is 5.91 Å². The molecule has 0 saturated carbocycles. The standard InChI is InChI=1S/C25H23N3O3/c1-31-21-10-8-20(9-11-21)25-16-19-6-2-3-7-22(19)24(30)28(25)14-13-27(25)23(29)15-18-5-4-12-26-17-18/h2-12,17H,13-16H2,1H3. The molecule has 0 radical (unpaired) electrons. The van der Waals surface area contributed by atoms with Crippen LogP contribution in [0.4, 0.5) is 0 Å². The van der Waals surface area contributed by atoms with Crippen molar-refractivity contribution in [3.05, 3.63) is 95.3 Å². The van der Waals surface area contributed by atoms with Gasteiger partial charge in [-0.2, -0.15) is 0 Å². The van der Waals surface area contributed by atoms with Gasteiger partial charge in [-0.3, -0.25) is 14.6 Å². The van der Waals surface area contributed by atoms with Gasteiger partial charge in [0, 0.05) is 37.5 Å². The van der Waals surface area contributed by atoms with Crippen molar-refractivity contribution in [1.82, 2.24) is 14.8 Å². The highest BCUT2D eigenvalue weighted by atomic mass is 16.5. The molecular formula is C25H23N3O3. The van der Waals surface area contributed by atoms with E-state index in [0.29, 0.717) is 25.1 Å². The number of carbonyl (C=O) groups excluding carboxylic acids is 2. The van der Waals surface area contributed by atoms with E-state index in [4.69, 9.17) is 4.74 Å². The third kappa shape index (κ3) is 3.06. The molecular weight excluding hydrogens is 390 g/mol. The number of carbonyl (C=O) groups is 2. The molecule has 6 nitrogen and oxygen atoms in total. The molecule has 0 bridgehead atoms. The van der Waals surface area contributed by atoms with Crippen LogP contribution in [0.2, 0.25) is 0 Å². The first-order valence-corrected chi connectivity index (χ1v) is 10.4. The molecule has 31 heavy (non-hydrogen) atoms. The summed E-state index contributed by atoms with van der Waals surface area (Å²) in [5, 5.41) is 0. The molecule has 1 atom stereocenters. The fourth-order valence-corrected chi connectivity index (χ4v) is 4.85. The van der Waals surface area contributed by atoms with Crippen molar-refractivity contribution in [2.45, 2.75) is 18.5 Å². The first-order valence-electron chi connectivity index (χ1n) is 10.4. The van der Waals surface area contributed by atoms with Crippen LogP contribution in [-0.2, 0) is 23.3 Å². The first kappa shape index (κ1) is 19.3. The molecule has 1 unspecified atom stereocenters. The summed E-state index contributed by atoms with van der Waals surface area (Å²) < 4.78 is 5.33. The van der Waals surface area contributed by atoms with Crippen molar-refractivity contribution < 1.29 is 14.3 Å². The molecule has 2 amide bonds. The van der Waals surface area contributed by atoms with Crippen LogP contribution in [0, 0.1) is 0 Å². The normalized spacial score (nSPS) is 19.7. The third-order valence-electron chi connectivity index (χ3n) is 6.30. The summed E-state index contributed by atoms with van der Waals surface area (Å²) in [5.41, 5.74) is 2.59. The number of fused-ring (bicyclic) bond motifs is 2. The van der Waals surface area contributed by atoms with Gasteiger partial charge in [-0.1, -0.05) is 36.4 Å². The number of rotatable bonds is 4. The van der Waals surface area contributed by atoms with Crippen molar-refractivity contribution in [2.75, 3.05) is 20.2 Å². The Morgan fingerprint density at radius 2 is 1.87 bits per heavy atom. The predicted octanol–water partition coefficient (Wildman–Crippen LogP) is 3.03. The predicted molar refractivity (Wildman–Crippen MR) is 116 cm³/mol. The van der Waals surface area contributed by atoms with E-state index in [1.807, 2.05) is 70.5 Å². The van der Waals surface area contributed by atoms with Crippen LogP contribution in [0.1, 0.15) is 27.0 Å². The average Bonchev–Trinajstić information content (AvgIpc) is 3.21. The Morgan fingerprint density at radius 1 is 1.06 bits per heavy atom. The highest BCUT2D eigenvalue weighted by Crippen LogP contribution is 2.45. The summed E-state index contributed by atoms with van der Waals surface area (Å²) in [4.78, 5) is 34.9. The van der Waals surface area contributed by atoms with E-state index in [-0.39, 0.29) is 18.2 Å². The Labute approximate surface area is 181 Å². The molecule has 0 aliphatic carbocycles. The Bertz CT molecular complexity index is 1130. The highest BCUT2D eigenvalue weighted by molar-refractivity contribution is 5.98. The van der Waals surface area contributed by atoms with Crippen LogP contribution in [0.25, 0.3) is 0 Å². The van der Waals surface area contributed by atoms with Crippen LogP contribution in [-0.4, -0.2) is 46.8 Å². The zero-order valence-electron chi connectivity index (χ0n) is 17.3. The fraction of sp³-hybridized carbons (Fsp3) is 0.240. The smallest absolute Gasteiger partial charge is 0.256 e. The summed E-state index contributed by atoms with van der Waals surface area (Å²) in [6.45, 7) is 0.989. The minimum Gasteiger partial charge on any atom is -0.497 e. The number of hydrogen-bond acceptors (Lipinski definition) is 4. The molecule has 1 saturated heterocycles. The number of benzene rings is 2. The van der Waals surface area contributed by atoms with Gasteiger partial charge in [-0.15, -0.1) is 0 Å². The lowest BCUT2D eigenvalue weighted by Crippen LogP contribution is -2.58. The van der Waals surface area contributed by atoms with E-state index >= 15 is 0 Å². The number of pyridine rings is 1. The molecule has 1 fully saturated rings. The van der Waals surface area contributed by atoms with E-state index in [0.717, 1.165) is 22.4 Å². The maximum atomic E-state index is 13.5. The van der Waals surface area contributed by atoms with Gasteiger partial charge in [-0.25, -0.2) is 0 Å². The van der Waals surface area contributed by atoms with Crippen molar-refractivity contribution in [1.29, 1.82) is 0 Å². The third-order valence-corrected chi connectivity index (χ3v) is 6.30. The molecule has 0 spiro atoms. The molecule has 156 valence electrons. The fourth-order valence-electron chi connectivity index (χ4n) is 4.85. The van der Waals surface area contributed by atoms with Gasteiger partial charge >= 0.3 is 0 Å². The number of nitrogens with zero attached hydrogens (tertiary/aromatic N) is 3. The summed E-state index contributed by atoms with van der Waals surface area (Å²) >= 11 is 0. The van der Waals surface area contributed by atoms with Gasteiger partial charge in [0.15, 0.2) is 0 Å². The number of aromatic nitrogens is 1. The maximum Gasteiger partial charge on any atom is 0.256 e. The second kappa shape index (κ2) is 7.54. The van der Waals surface area contributed by atoms with Crippen molar-refractivity contribution in [3.8, 4) is 5.75 Å². The summed E-state index contributed by atoms with van der Waals surface area (Å²) in [6.07, 6.45) is 4.21. The number of hydrogen-bond donors (Lipinski definition) is 0. The topological polar surface area (TPSA) is 62.7 Å². The first-order chi connectivity index (χ1) is 15.1. The monoisotopic (exact) mass is 413 g/mol. The second-order valence-electron chi connectivity index (χ2n) is 7.92. The van der Waals surface area contributed by atoms with Crippen molar-refractivity contribution in [2.24, 2.45) is 0 Å². The van der Waals surface area contributed by atoms with E-state index in [2.05, 4.69) is 4.98 Å². The van der Waals surface area contributed by atoms with Gasteiger partial charge in [0.05, 0.1) is 13.5 Å². The molecule has 3 heterocycles. The lowest BCUT2D eigenvalue weighted by molar-refractivity contribution is -0.138. The Hall–Kier alpha value is -3.67. The van der Waals surface area contributed by atoms with Gasteiger partial charge in [-0.05, 0) is 41.0 Å². The summed E-state index contributed by atoms with van der Waals surface area (Å²) in [5.74, 6) is 0.688. The summed E-state index contributed by atoms with van der Waals surface area (Å²) in [7, 11) is 1.62. The zero-order chi connectivity index (χ0) is 21.4. The molecule has 5 rings (SSSR count). The lowest BCUT2D eigenvalue weighted by atomic mass is 9.83. The minimum atomic E-state index is -0.850. The molecule has 0 N–H and O–H groups in total. The van der Waals surface area contributed by atoms with E-state index in [9.17, 15) is 9.59 Å². The van der Waals surface area contributed by atoms with Crippen LogP contribution < -0.4 is 4.74 Å². The van der Waals surface area contributed by atoms with Crippen molar-refractivity contribution in [3.63, 3.8) is 0 Å². The maximum absolute atomic E-state index is 13.5. The molecule has 2 aromatic carbocycles. The molecule has 3 aromatic rings. The van der Waals surface area contributed by atoms with E-state index in [1.165, 1.54) is 0 Å². The average molecular weight is 413 g/mol. The number of ether oxygens (including phenoxy) is 1. The minimum absolute atomic E-state index is 0.0153. The van der Waals surface area contributed by atoms with E-state index < -0.39 is 5.66 Å². The van der Waals surface area contributed by atoms with Crippen molar-refractivity contribution >= 4 is 11.8 Å². The Balaban J connectivity index is 1.61. The highest BCUT2D eigenvalue weighted by Gasteiger charge is 2.55. The van der Waals surface area contributed by atoms with Crippen LogP contribution >= 0.6 is 0 Å². The van der Waals surface area contributed by atoms with E-state index in [1.54, 1.807) is 19.5 Å². The molecule has 6 heteroatoms. The second-order valence-corrected chi connectivity index (χ2v) is 7.92. The quantitative estimate of drug-likeness (QED) is 0.660. The largest absolute Gasteiger partial charge is 0.497 e. The number of methoxy groups -OCH3 is 1. The molecule has 2 aliphatic heterocycles. The SMILES string of the molecule is COc1ccc(C23Cc4ccccc4C(=O)N2CCN3C(=O)Cc2cccnc2)cc1. The Morgan fingerprint density at radius 3 is 2.61 bits per heavy atom. The van der Waals surface area contributed by atoms with Crippen LogP contribution in [0.15, 0.2) is 73.1 Å². The Kier molecular flexibility index (Phi) is 4.70. The zero-order valence-corrected chi connectivity index (χ0v) is 17.3. The summed E-state index contributed by atoms with van der Waals surface area (Å²) in [6, 6.07) is 19.1. The van der Waals surface area contributed by atoms with Crippen LogP contribution in [0.5, 0.6) is 5.75 Å².